The van der Waals surface area contributed by atoms with Gasteiger partial charge in [-0.1, -0.05) is 17.3 Å². The number of hydrogen-bond donors (Lipinski definition) is 1. The Bertz CT molecular complexity index is 1790. The van der Waals surface area contributed by atoms with Gasteiger partial charge >= 0.3 is 0 Å². The van der Waals surface area contributed by atoms with E-state index in [1.54, 1.807) is 19.4 Å². The number of methoxy groups -OCH3 is 1. The van der Waals surface area contributed by atoms with E-state index in [1.165, 1.54) is 0 Å². The minimum absolute atomic E-state index is 0.0291. The smallest absolute Gasteiger partial charge is 0.189 e. The lowest BCUT2D eigenvalue weighted by atomic mass is 10.0. The quantitative estimate of drug-likeness (QED) is 0.406. The van der Waals surface area contributed by atoms with Gasteiger partial charge < -0.3 is 18.8 Å². The highest BCUT2D eigenvalue weighted by Crippen LogP contribution is 2.40. The number of aryl methyl sites for hydroxylation is 3. The third kappa shape index (κ3) is 2.85. The van der Waals surface area contributed by atoms with Crippen LogP contribution in [0, 0.1) is 20.8 Å². The summed E-state index contributed by atoms with van der Waals surface area (Å²) in [5.74, 6) is 2.73. The molecule has 8 heteroatoms. The second-order valence-corrected chi connectivity index (χ2v) is 8.31. The lowest BCUT2D eigenvalue weighted by Crippen LogP contribution is -2.09. The highest BCUT2D eigenvalue weighted by molar-refractivity contribution is 6.11. The molecule has 168 valence electrons. The molecule has 6 rings (SSSR count). The first kappa shape index (κ1) is 20.2. The first-order chi connectivity index (χ1) is 16.5. The molecular formula is C26H21N5O3. The SMILES string of the molecule is COc1cc2c(cc1-c1c(C)noc1C)[nH]c1nc(C)nc(-n3ccc(=O)c4ccccc43)c12. The van der Waals surface area contributed by atoms with Crippen molar-refractivity contribution in [3.63, 3.8) is 0 Å². The molecule has 0 saturated carbocycles. The lowest BCUT2D eigenvalue weighted by molar-refractivity contribution is 0.393. The summed E-state index contributed by atoms with van der Waals surface area (Å²) in [7, 11) is 1.65. The molecule has 4 heterocycles. The Morgan fingerprint density at radius 3 is 2.62 bits per heavy atom. The van der Waals surface area contributed by atoms with Crippen molar-refractivity contribution in [2.45, 2.75) is 20.8 Å². The largest absolute Gasteiger partial charge is 0.496 e. The van der Waals surface area contributed by atoms with Crippen LogP contribution in [0.2, 0.25) is 0 Å². The van der Waals surface area contributed by atoms with E-state index in [-0.39, 0.29) is 5.43 Å². The summed E-state index contributed by atoms with van der Waals surface area (Å²) < 4.78 is 13.1. The Hall–Kier alpha value is -4.46. The molecule has 6 aromatic rings. The number of nitrogens with zero attached hydrogens (tertiary/aromatic N) is 4. The third-order valence-corrected chi connectivity index (χ3v) is 6.20. The average Bonchev–Trinajstić information content (AvgIpc) is 3.36. The molecule has 0 saturated heterocycles. The number of nitrogens with one attached hydrogen (secondary N) is 1. The van der Waals surface area contributed by atoms with Gasteiger partial charge in [0.05, 0.1) is 29.3 Å². The zero-order chi connectivity index (χ0) is 23.6. The molecule has 0 amide bonds. The Morgan fingerprint density at radius 2 is 1.85 bits per heavy atom. The van der Waals surface area contributed by atoms with Crippen LogP contribution in [0.15, 0.2) is 58.0 Å². The number of fused-ring (bicyclic) bond motifs is 4. The lowest BCUT2D eigenvalue weighted by Gasteiger charge is -2.12. The number of benzene rings is 2. The molecule has 8 nitrogen and oxygen atoms in total. The Kier molecular flexibility index (Phi) is 4.32. The summed E-state index contributed by atoms with van der Waals surface area (Å²) in [5.41, 5.74) is 4.93. The Morgan fingerprint density at radius 1 is 1.03 bits per heavy atom. The number of H-pyrrole nitrogens is 1. The molecule has 0 unspecified atom stereocenters. The van der Waals surface area contributed by atoms with Gasteiger partial charge in [-0.25, -0.2) is 9.97 Å². The van der Waals surface area contributed by atoms with E-state index in [0.29, 0.717) is 28.4 Å². The first-order valence-corrected chi connectivity index (χ1v) is 10.9. The van der Waals surface area contributed by atoms with Gasteiger partial charge in [0, 0.05) is 34.1 Å². The van der Waals surface area contributed by atoms with Crippen molar-refractivity contribution >= 4 is 32.8 Å². The number of hydrogen-bond acceptors (Lipinski definition) is 6. The van der Waals surface area contributed by atoms with Crippen LogP contribution in [0.5, 0.6) is 5.75 Å². The van der Waals surface area contributed by atoms with Crippen LogP contribution in [-0.2, 0) is 0 Å². The molecule has 0 radical (unpaired) electrons. The van der Waals surface area contributed by atoms with Gasteiger partial charge in [0.2, 0.25) is 0 Å². The predicted molar refractivity (Wildman–Crippen MR) is 131 cm³/mol. The average molecular weight is 451 g/mol. The van der Waals surface area contributed by atoms with E-state index in [1.807, 2.05) is 61.7 Å². The van der Waals surface area contributed by atoms with E-state index < -0.39 is 0 Å². The number of ether oxygens (including phenoxy) is 1. The van der Waals surface area contributed by atoms with Crippen LogP contribution in [-0.4, -0.2) is 31.8 Å². The first-order valence-electron chi connectivity index (χ1n) is 10.9. The van der Waals surface area contributed by atoms with Crippen LogP contribution in [0.3, 0.4) is 0 Å². The Balaban J connectivity index is 1.72. The van der Waals surface area contributed by atoms with Gasteiger partial charge in [-0.3, -0.25) is 4.79 Å². The van der Waals surface area contributed by atoms with Gasteiger partial charge in [-0.2, -0.15) is 0 Å². The van der Waals surface area contributed by atoms with Crippen LogP contribution in [0.1, 0.15) is 17.3 Å². The van der Waals surface area contributed by atoms with E-state index in [2.05, 4.69) is 15.1 Å². The molecule has 0 aliphatic rings. The highest BCUT2D eigenvalue weighted by atomic mass is 16.5. The molecular weight excluding hydrogens is 430 g/mol. The van der Waals surface area contributed by atoms with Crippen molar-refractivity contribution in [2.24, 2.45) is 0 Å². The van der Waals surface area contributed by atoms with Gasteiger partial charge in [-0.15, -0.1) is 0 Å². The maximum absolute atomic E-state index is 12.5. The van der Waals surface area contributed by atoms with Crippen molar-refractivity contribution in [2.75, 3.05) is 7.11 Å². The second-order valence-electron chi connectivity index (χ2n) is 8.31. The maximum atomic E-state index is 12.5. The maximum Gasteiger partial charge on any atom is 0.189 e. The number of pyridine rings is 1. The van der Waals surface area contributed by atoms with E-state index >= 15 is 0 Å². The van der Waals surface area contributed by atoms with Crippen molar-refractivity contribution in [3.05, 3.63) is 76.2 Å². The summed E-state index contributed by atoms with van der Waals surface area (Å²) in [4.78, 5) is 25.4. The topological polar surface area (TPSA) is 98.8 Å². The molecule has 4 aromatic heterocycles. The van der Waals surface area contributed by atoms with Crippen molar-refractivity contribution < 1.29 is 9.26 Å². The normalized spacial score (nSPS) is 11.6. The van der Waals surface area contributed by atoms with Crippen LogP contribution in [0.25, 0.3) is 49.8 Å². The van der Waals surface area contributed by atoms with E-state index in [0.717, 1.165) is 44.4 Å². The summed E-state index contributed by atoms with van der Waals surface area (Å²) in [5, 5.41) is 6.49. The minimum atomic E-state index is -0.0291. The van der Waals surface area contributed by atoms with E-state index in [4.69, 9.17) is 14.2 Å². The zero-order valence-electron chi connectivity index (χ0n) is 19.1. The van der Waals surface area contributed by atoms with Crippen LogP contribution >= 0.6 is 0 Å². The molecule has 2 aromatic carbocycles. The molecule has 34 heavy (non-hydrogen) atoms. The summed E-state index contributed by atoms with van der Waals surface area (Å²) in [6.45, 7) is 5.66. The number of aromatic nitrogens is 5. The van der Waals surface area contributed by atoms with Crippen molar-refractivity contribution in [3.8, 4) is 22.7 Å². The van der Waals surface area contributed by atoms with Gasteiger partial charge in [0.25, 0.3) is 0 Å². The van der Waals surface area contributed by atoms with Gasteiger partial charge in [0.15, 0.2) is 11.2 Å². The van der Waals surface area contributed by atoms with E-state index in [9.17, 15) is 4.79 Å². The number of para-hydroxylation sites is 1. The fourth-order valence-corrected chi connectivity index (χ4v) is 4.71. The molecule has 0 atom stereocenters. The fourth-order valence-electron chi connectivity index (χ4n) is 4.71. The van der Waals surface area contributed by atoms with Gasteiger partial charge in [0.1, 0.15) is 23.0 Å². The summed E-state index contributed by atoms with van der Waals surface area (Å²) in [6, 6.07) is 13.1. The zero-order valence-corrected chi connectivity index (χ0v) is 19.1. The molecule has 0 aliphatic carbocycles. The third-order valence-electron chi connectivity index (χ3n) is 6.20. The molecule has 0 spiro atoms. The predicted octanol–water partition coefficient (Wildman–Crippen LogP) is 5.00. The number of rotatable bonds is 3. The summed E-state index contributed by atoms with van der Waals surface area (Å²) >= 11 is 0. The molecule has 0 aliphatic heterocycles. The highest BCUT2D eigenvalue weighted by Gasteiger charge is 2.21. The standard InChI is InChI=1S/C26H21N5O3/c1-13-23(14(2)34-30-13)18-11-19-17(12-22(18)33-4)24-25(29-19)27-15(3)28-26(24)31-10-9-21(32)16-7-5-6-8-20(16)31/h5-12H,1-4H3,(H,27,28,29). The Labute approximate surface area is 193 Å². The molecule has 1 N–H and O–H groups in total. The minimum Gasteiger partial charge on any atom is -0.496 e. The van der Waals surface area contributed by atoms with Gasteiger partial charge in [-0.05, 0) is 45.0 Å². The second kappa shape index (κ2) is 7.28. The fraction of sp³-hybridized carbons (Fsp3) is 0.154. The van der Waals surface area contributed by atoms with Crippen LogP contribution < -0.4 is 10.2 Å². The van der Waals surface area contributed by atoms with Crippen molar-refractivity contribution in [1.29, 1.82) is 0 Å². The van der Waals surface area contributed by atoms with Crippen molar-refractivity contribution in [1.82, 2.24) is 24.7 Å². The molecule has 0 fully saturated rings. The van der Waals surface area contributed by atoms with Crippen LogP contribution in [0.4, 0.5) is 0 Å². The molecule has 0 bridgehead atoms. The number of aromatic amines is 1. The summed E-state index contributed by atoms with van der Waals surface area (Å²) in [6.07, 6.45) is 1.76. The monoisotopic (exact) mass is 451 g/mol.